The number of carboxylic acids is 1. The summed E-state index contributed by atoms with van der Waals surface area (Å²) in [6.45, 7) is 0.0469. The van der Waals surface area contributed by atoms with Crippen molar-refractivity contribution in [3.63, 3.8) is 0 Å². The van der Waals surface area contributed by atoms with E-state index in [1.165, 1.54) is 23.3 Å². The summed E-state index contributed by atoms with van der Waals surface area (Å²) in [6.07, 6.45) is 2.20. The molecule has 3 aromatic rings. The van der Waals surface area contributed by atoms with E-state index in [2.05, 4.69) is 15.6 Å². The van der Waals surface area contributed by atoms with Crippen molar-refractivity contribution in [3.05, 3.63) is 66.0 Å². The number of amides is 2. The van der Waals surface area contributed by atoms with E-state index in [9.17, 15) is 31.9 Å². The molecule has 1 saturated carbocycles. The molecule has 9 nitrogen and oxygen atoms in total. The summed E-state index contributed by atoms with van der Waals surface area (Å²) >= 11 is 1.34. The van der Waals surface area contributed by atoms with Crippen molar-refractivity contribution in [2.45, 2.75) is 69.3 Å². The Morgan fingerprint density at radius 1 is 1.15 bits per heavy atom. The van der Waals surface area contributed by atoms with Gasteiger partial charge in [-0.05, 0) is 61.9 Å². The number of benzene rings is 2. The minimum atomic E-state index is -4.79. The van der Waals surface area contributed by atoms with E-state index in [0.29, 0.717) is 36.9 Å². The van der Waals surface area contributed by atoms with Crippen molar-refractivity contribution in [2.24, 2.45) is 11.8 Å². The molecular weight excluding hydrogens is 640 g/mol. The minimum absolute atomic E-state index is 0.0469. The first-order chi connectivity index (χ1) is 22.4. The summed E-state index contributed by atoms with van der Waals surface area (Å²) in [5, 5.41) is 14.8. The molecule has 1 saturated heterocycles. The number of unbranched alkanes of at least 4 members (excludes halogenated alkanes) is 3. The zero-order valence-corrected chi connectivity index (χ0v) is 26.5. The average Bonchev–Trinajstić information content (AvgIpc) is 3.51. The number of carbonyl (C=O) groups is 3. The third kappa shape index (κ3) is 8.79. The summed E-state index contributed by atoms with van der Waals surface area (Å²) in [5.74, 6) is -3.09. The highest BCUT2D eigenvalue weighted by atomic mass is 32.1. The van der Waals surface area contributed by atoms with E-state index in [4.69, 9.17) is 9.84 Å². The maximum Gasteiger partial charge on any atom is 0.416 e. The topological polar surface area (TPSA) is 121 Å². The highest BCUT2D eigenvalue weighted by Crippen LogP contribution is 2.40. The van der Waals surface area contributed by atoms with Crippen LogP contribution in [0.4, 0.5) is 23.2 Å². The van der Waals surface area contributed by atoms with Crippen molar-refractivity contribution in [2.75, 3.05) is 18.9 Å². The van der Waals surface area contributed by atoms with Crippen molar-refractivity contribution in [1.82, 2.24) is 15.2 Å². The molecule has 0 unspecified atom stereocenters. The number of carbonyl (C=O) groups excluding carboxylic acids is 2. The molecule has 5 rings (SSSR count). The standard InChI is InChI=1S/C33H36F4N4O5S/c1-38-29(42)27-17-23(46-32-40-25-10-7-8-12-28(25)47-32)18-41(27)30(43)26(39-22-15-20(33(35,36)37)14-21(34)16-22)11-6-4-2-3-5-9-19-13-24(19)31(44)45/h5,7-10,12,14-16,19,23-24,26-27,39H,2-4,6,11,13,17-18H2,1H3,(H,38,42)(H,44,45)/b9-5-/t19-,23-,24+,26+,27+/m1/s1. The maximum atomic E-state index is 14.3. The van der Waals surface area contributed by atoms with Crippen LogP contribution in [0.3, 0.4) is 0 Å². The third-order valence-electron chi connectivity index (χ3n) is 8.40. The fourth-order valence-electron chi connectivity index (χ4n) is 5.85. The van der Waals surface area contributed by atoms with Crippen LogP contribution >= 0.6 is 11.3 Å². The number of hydrogen-bond acceptors (Lipinski definition) is 7. The number of para-hydroxylation sites is 1. The van der Waals surface area contributed by atoms with E-state index in [0.717, 1.165) is 28.8 Å². The molecule has 0 bridgehead atoms. The summed E-state index contributed by atoms with van der Waals surface area (Å²) in [6, 6.07) is 7.60. The van der Waals surface area contributed by atoms with Gasteiger partial charge in [0.2, 0.25) is 11.8 Å². The van der Waals surface area contributed by atoms with Crippen LogP contribution in [0.5, 0.6) is 5.19 Å². The minimum Gasteiger partial charge on any atom is -0.481 e. The third-order valence-corrected chi connectivity index (χ3v) is 9.33. The average molecular weight is 677 g/mol. The first kappa shape index (κ1) is 34.1. The Balaban J connectivity index is 1.28. The molecule has 3 N–H and O–H groups in total. The summed E-state index contributed by atoms with van der Waals surface area (Å²) in [7, 11) is 1.45. The normalized spacial score (nSPS) is 21.6. The lowest BCUT2D eigenvalue weighted by atomic mass is 10.0. The number of nitrogens with one attached hydrogen (secondary N) is 2. The van der Waals surface area contributed by atoms with Crippen molar-refractivity contribution >= 4 is 45.0 Å². The maximum absolute atomic E-state index is 14.3. The second kappa shape index (κ2) is 14.7. The Labute approximate surface area is 273 Å². The monoisotopic (exact) mass is 676 g/mol. The number of thiazole rings is 1. The quantitative estimate of drug-likeness (QED) is 0.105. The Hall–Kier alpha value is -4.20. The number of fused-ring (bicyclic) bond motifs is 1. The van der Waals surface area contributed by atoms with Crippen LogP contribution in [0.25, 0.3) is 10.2 Å². The van der Waals surface area contributed by atoms with Gasteiger partial charge >= 0.3 is 12.1 Å². The fourth-order valence-corrected chi connectivity index (χ4v) is 6.73. The molecule has 2 fully saturated rings. The van der Waals surface area contributed by atoms with Crippen LogP contribution in [0.15, 0.2) is 54.6 Å². The van der Waals surface area contributed by atoms with Gasteiger partial charge in [0.25, 0.3) is 5.19 Å². The lowest BCUT2D eigenvalue weighted by Gasteiger charge is -2.29. The molecule has 1 aliphatic carbocycles. The van der Waals surface area contributed by atoms with Crippen LogP contribution in [0, 0.1) is 17.7 Å². The van der Waals surface area contributed by atoms with Crippen molar-refractivity contribution in [3.8, 4) is 5.19 Å². The van der Waals surface area contributed by atoms with Gasteiger partial charge in [-0.1, -0.05) is 48.5 Å². The fraction of sp³-hybridized carbons (Fsp3) is 0.455. The van der Waals surface area contributed by atoms with Gasteiger partial charge in [-0.3, -0.25) is 14.4 Å². The molecule has 1 aromatic heterocycles. The molecule has 5 atom stereocenters. The van der Waals surface area contributed by atoms with Gasteiger partial charge < -0.3 is 25.4 Å². The second-order valence-corrected chi connectivity index (χ2v) is 12.9. The molecular formula is C33H36F4N4O5S. The predicted molar refractivity (Wildman–Crippen MR) is 168 cm³/mol. The number of alkyl halides is 3. The molecule has 47 heavy (non-hydrogen) atoms. The van der Waals surface area contributed by atoms with Gasteiger partial charge in [0, 0.05) is 19.2 Å². The largest absolute Gasteiger partial charge is 0.481 e. The van der Waals surface area contributed by atoms with Crippen LogP contribution in [0.2, 0.25) is 0 Å². The van der Waals surface area contributed by atoms with Gasteiger partial charge in [0.15, 0.2) is 0 Å². The first-order valence-corrected chi connectivity index (χ1v) is 16.3. The molecule has 2 aliphatic rings. The van der Waals surface area contributed by atoms with Crippen LogP contribution in [-0.4, -0.2) is 64.6 Å². The van der Waals surface area contributed by atoms with Crippen LogP contribution in [-0.2, 0) is 20.6 Å². The number of rotatable bonds is 14. The molecule has 2 heterocycles. The smallest absolute Gasteiger partial charge is 0.416 e. The number of likely N-dealkylation sites (tertiary alicyclic amines) is 1. The molecule has 2 amide bonds. The van der Waals surface area contributed by atoms with E-state index >= 15 is 0 Å². The SMILES string of the molecule is CNC(=O)[C@@H]1C[C@@H](Oc2nc3ccccc3s2)CN1C(=O)[C@H](CCCCC/C=C\[C@@H]1C[C@@H]1C(=O)O)Nc1cc(F)cc(C(F)(F)F)c1. The zero-order chi connectivity index (χ0) is 33.7. The number of allylic oxidation sites excluding steroid dienone is 2. The first-order valence-electron chi connectivity index (χ1n) is 15.5. The van der Waals surface area contributed by atoms with Gasteiger partial charge in [-0.25, -0.2) is 9.37 Å². The number of likely N-dealkylation sites (N-methyl/N-ethyl adjacent to an activating group) is 1. The van der Waals surface area contributed by atoms with Crippen LogP contribution < -0.4 is 15.4 Å². The van der Waals surface area contributed by atoms with E-state index < -0.39 is 53.5 Å². The van der Waals surface area contributed by atoms with Crippen LogP contribution in [0.1, 0.15) is 50.5 Å². The lowest BCUT2D eigenvalue weighted by molar-refractivity contribution is -0.139. The molecule has 1 aliphatic heterocycles. The van der Waals surface area contributed by atoms with Gasteiger partial charge in [0.05, 0.1) is 28.2 Å². The summed E-state index contributed by atoms with van der Waals surface area (Å²) in [4.78, 5) is 43.8. The van der Waals surface area contributed by atoms with E-state index in [1.54, 1.807) is 0 Å². The Bertz CT molecular complexity index is 1600. The number of aromatic nitrogens is 1. The Morgan fingerprint density at radius 3 is 2.64 bits per heavy atom. The van der Waals surface area contributed by atoms with Gasteiger partial charge in [0.1, 0.15) is 24.0 Å². The zero-order valence-electron chi connectivity index (χ0n) is 25.6. The molecule has 252 valence electrons. The Kier molecular flexibility index (Phi) is 10.7. The second-order valence-electron chi connectivity index (χ2n) is 11.9. The van der Waals surface area contributed by atoms with Gasteiger partial charge in [-0.15, -0.1) is 0 Å². The summed E-state index contributed by atoms with van der Waals surface area (Å²) < 4.78 is 61.7. The Morgan fingerprint density at radius 2 is 1.94 bits per heavy atom. The van der Waals surface area contributed by atoms with E-state index in [-0.39, 0.29) is 36.9 Å². The van der Waals surface area contributed by atoms with Crippen molar-refractivity contribution in [1.29, 1.82) is 0 Å². The highest BCUT2D eigenvalue weighted by molar-refractivity contribution is 7.20. The molecule has 2 aromatic carbocycles. The van der Waals surface area contributed by atoms with E-state index in [1.807, 2.05) is 36.4 Å². The predicted octanol–water partition coefficient (Wildman–Crippen LogP) is 6.26. The van der Waals surface area contributed by atoms with Gasteiger partial charge in [-0.2, -0.15) is 13.2 Å². The number of ether oxygens (including phenoxy) is 1. The highest BCUT2D eigenvalue weighted by Gasteiger charge is 2.43. The number of anilines is 1. The number of halogens is 4. The number of hydrogen-bond donors (Lipinski definition) is 3. The summed E-state index contributed by atoms with van der Waals surface area (Å²) in [5.41, 5.74) is -0.632. The number of nitrogens with zero attached hydrogens (tertiary/aromatic N) is 2. The number of carboxylic acid groups (broad SMARTS) is 1. The molecule has 0 radical (unpaired) electrons. The molecule has 0 spiro atoms. The number of aliphatic carboxylic acids is 1. The lowest BCUT2D eigenvalue weighted by Crippen LogP contribution is -2.50. The molecule has 14 heteroatoms. The van der Waals surface area contributed by atoms with Crippen molar-refractivity contribution < 1.29 is 41.8 Å².